The van der Waals surface area contributed by atoms with Crippen molar-refractivity contribution in [2.75, 3.05) is 0 Å². The highest BCUT2D eigenvalue weighted by atomic mass is 16.4. The average Bonchev–Trinajstić information content (AvgIpc) is 2.20. The molecule has 0 unspecified atom stereocenters. The fourth-order valence-electron chi connectivity index (χ4n) is 0.703. The van der Waals surface area contributed by atoms with E-state index in [2.05, 4.69) is 44.3 Å². The molecule has 74 valence electrons. The Morgan fingerprint density at radius 2 is 1.71 bits per heavy atom. The Morgan fingerprint density at radius 3 is 2.00 bits per heavy atom. The van der Waals surface area contributed by atoms with Crippen LogP contribution in [0.15, 0.2) is 43.5 Å². The first-order chi connectivity index (χ1) is 6.60. The zero-order chi connectivity index (χ0) is 11.0. The van der Waals surface area contributed by atoms with Gasteiger partial charge in [0, 0.05) is 6.08 Å². The lowest BCUT2D eigenvalue weighted by atomic mass is 10.2. The Kier molecular flexibility index (Phi) is 5.79. The lowest BCUT2D eigenvalue weighted by Crippen LogP contribution is -1.82. The summed E-state index contributed by atoms with van der Waals surface area (Å²) in [7, 11) is 0. The van der Waals surface area contributed by atoms with Gasteiger partial charge in [0.15, 0.2) is 0 Å². The normalized spacial score (nSPS) is 8.07. The van der Waals surface area contributed by atoms with Gasteiger partial charge < -0.3 is 5.11 Å². The van der Waals surface area contributed by atoms with Gasteiger partial charge in [-0.2, -0.15) is 0 Å². The summed E-state index contributed by atoms with van der Waals surface area (Å²) in [5.41, 5.74) is 2.47. The van der Waals surface area contributed by atoms with Gasteiger partial charge in [-0.3, -0.25) is 0 Å². The molecule has 0 spiro atoms. The van der Waals surface area contributed by atoms with Gasteiger partial charge in [-0.15, -0.1) is 0 Å². The number of hydrogen-bond donors (Lipinski definition) is 1. The third-order valence-electron chi connectivity index (χ3n) is 1.49. The molecular formula is C12H14O2. The highest BCUT2D eigenvalue weighted by Gasteiger charge is 1.82. The molecule has 0 heterocycles. The smallest absolute Gasteiger partial charge is 0.327 e. The topological polar surface area (TPSA) is 37.3 Å². The van der Waals surface area contributed by atoms with Crippen LogP contribution in [0.2, 0.25) is 0 Å². The van der Waals surface area contributed by atoms with Crippen LogP contribution in [0, 0.1) is 6.92 Å². The van der Waals surface area contributed by atoms with E-state index in [1.165, 1.54) is 11.1 Å². The van der Waals surface area contributed by atoms with Gasteiger partial charge in [0.1, 0.15) is 0 Å². The van der Waals surface area contributed by atoms with Crippen LogP contribution in [-0.4, -0.2) is 11.1 Å². The van der Waals surface area contributed by atoms with E-state index in [9.17, 15) is 4.79 Å². The van der Waals surface area contributed by atoms with Crippen molar-refractivity contribution in [3.05, 3.63) is 54.6 Å². The van der Waals surface area contributed by atoms with Crippen LogP contribution >= 0.6 is 0 Å². The Bertz CT molecular complexity index is 310. The van der Waals surface area contributed by atoms with E-state index in [1.54, 1.807) is 0 Å². The predicted octanol–water partition coefficient (Wildman–Crippen LogP) is 2.90. The monoisotopic (exact) mass is 190 g/mol. The number of carboxylic acid groups (broad SMARTS) is 1. The van der Waals surface area contributed by atoms with Gasteiger partial charge in [-0.05, 0) is 12.5 Å². The van der Waals surface area contributed by atoms with Crippen LogP contribution < -0.4 is 0 Å². The Morgan fingerprint density at radius 1 is 1.29 bits per heavy atom. The van der Waals surface area contributed by atoms with Crippen LogP contribution in [0.5, 0.6) is 0 Å². The minimum atomic E-state index is -0.981. The first kappa shape index (κ1) is 12.2. The third-order valence-corrected chi connectivity index (χ3v) is 1.49. The molecular weight excluding hydrogens is 176 g/mol. The van der Waals surface area contributed by atoms with Crippen LogP contribution in [0.1, 0.15) is 11.1 Å². The van der Waals surface area contributed by atoms with Gasteiger partial charge >= 0.3 is 5.97 Å². The molecule has 0 aliphatic carbocycles. The first-order valence-corrected chi connectivity index (χ1v) is 4.14. The second kappa shape index (κ2) is 6.66. The van der Waals surface area contributed by atoms with Crippen molar-refractivity contribution in [3.63, 3.8) is 0 Å². The van der Waals surface area contributed by atoms with Crippen LogP contribution in [0.3, 0.4) is 0 Å². The summed E-state index contributed by atoms with van der Waals surface area (Å²) < 4.78 is 0. The molecule has 0 aromatic heterocycles. The van der Waals surface area contributed by atoms with Crippen LogP contribution in [-0.2, 0) is 4.79 Å². The third kappa shape index (κ3) is 5.77. The van der Waals surface area contributed by atoms with Crippen molar-refractivity contribution in [1.29, 1.82) is 0 Å². The number of aryl methyl sites for hydroxylation is 1. The summed E-state index contributed by atoms with van der Waals surface area (Å²) in [4.78, 5) is 9.25. The maximum Gasteiger partial charge on any atom is 0.327 e. The van der Waals surface area contributed by atoms with Crippen molar-refractivity contribution in [2.45, 2.75) is 6.92 Å². The molecule has 0 saturated heterocycles. The van der Waals surface area contributed by atoms with E-state index >= 15 is 0 Å². The summed E-state index contributed by atoms with van der Waals surface area (Å²) in [6, 6.07) is 8.28. The van der Waals surface area contributed by atoms with Gasteiger partial charge in [0.05, 0.1) is 0 Å². The number of aliphatic carboxylic acids is 1. The second-order valence-electron chi connectivity index (χ2n) is 2.66. The summed E-state index contributed by atoms with van der Waals surface area (Å²) in [5.74, 6) is -0.981. The van der Waals surface area contributed by atoms with Crippen molar-refractivity contribution in [3.8, 4) is 0 Å². The molecule has 1 rings (SSSR count). The van der Waals surface area contributed by atoms with E-state index in [4.69, 9.17) is 5.11 Å². The average molecular weight is 190 g/mol. The van der Waals surface area contributed by atoms with Gasteiger partial charge in [0.25, 0.3) is 0 Å². The molecule has 0 amide bonds. The van der Waals surface area contributed by atoms with Crippen molar-refractivity contribution in [1.82, 2.24) is 0 Å². The molecule has 2 heteroatoms. The number of carboxylic acids is 1. The summed E-state index contributed by atoms with van der Waals surface area (Å²) in [5, 5.41) is 7.60. The van der Waals surface area contributed by atoms with E-state index < -0.39 is 5.97 Å². The SMILES string of the molecule is C=CC(=O)O.C=Cc1ccc(C)cc1. The van der Waals surface area contributed by atoms with Gasteiger partial charge in [-0.1, -0.05) is 49.1 Å². The van der Waals surface area contributed by atoms with E-state index in [0.717, 1.165) is 6.08 Å². The maximum absolute atomic E-state index is 9.25. The lowest BCUT2D eigenvalue weighted by molar-refractivity contribution is -0.131. The molecule has 1 aromatic rings. The number of carbonyl (C=O) groups is 1. The molecule has 2 nitrogen and oxygen atoms in total. The molecule has 14 heavy (non-hydrogen) atoms. The minimum Gasteiger partial charge on any atom is -0.478 e. The van der Waals surface area contributed by atoms with Crippen LogP contribution in [0.25, 0.3) is 6.08 Å². The Hall–Kier alpha value is -1.83. The summed E-state index contributed by atoms with van der Waals surface area (Å²) >= 11 is 0. The maximum atomic E-state index is 9.25. The van der Waals surface area contributed by atoms with Crippen molar-refractivity contribution in [2.24, 2.45) is 0 Å². The fraction of sp³-hybridized carbons (Fsp3) is 0.0833. The largest absolute Gasteiger partial charge is 0.478 e. The molecule has 1 aromatic carbocycles. The molecule has 1 N–H and O–H groups in total. The molecule has 0 radical (unpaired) electrons. The highest BCUT2D eigenvalue weighted by molar-refractivity contribution is 5.78. The number of hydrogen-bond acceptors (Lipinski definition) is 1. The van der Waals surface area contributed by atoms with Crippen molar-refractivity contribution < 1.29 is 9.90 Å². The first-order valence-electron chi connectivity index (χ1n) is 4.14. The molecule has 0 aliphatic heterocycles. The minimum absolute atomic E-state index is 0.833. The van der Waals surface area contributed by atoms with E-state index in [1.807, 2.05) is 6.08 Å². The fourth-order valence-corrected chi connectivity index (χ4v) is 0.703. The predicted molar refractivity (Wildman–Crippen MR) is 59.1 cm³/mol. The second-order valence-corrected chi connectivity index (χ2v) is 2.66. The standard InChI is InChI=1S/C9H10.C3H4O2/c1-3-9-6-4-8(2)5-7-9;1-2-3(4)5/h3-7H,1H2,2H3;2H,1H2,(H,4,5). The quantitative estimate of drug-likeness (QED) is 0.728. The summed E-state index contributed by atoms with van der Waals surface area (Å²) in [6.07, 6.45) is 2.68. The van der Waals surface area contributed by atoms with E-state index in [0.29, 0.717) is 0 Å². The molecule has 0 fully saturated rings. The zero-order valence-electron chi connectivity index (χ0n) is 8.23. The lowest BCUT2D eigenvalue weighted by Gasteiger charge is -1.91. The number of benzene rings is 1. The molecule has 0 saturated carbocycles. The zero-order valence-corrected chi connectivity index (χ0v) is 8.23. The van der Waals surface area contributed by atoms with E-state index in [-0.39, 0.29) is 0 Å². The van der Waals surface area contributed by atoms with Gasteiger partial charge in [-0.25, -0.2) is 4.79 Å². The molecule has 0 atom stereocenters. The molecule has 0 aliphatic rings. The molecule has 0 bridgehead atoms. The van der Waals surface area contributed by atoms with Crippen molar-refractivity contribution >= 4 is 12.0 Å². The summed E-state index contributed by atoms with van der Waals surface area (Å²) in [6.45, 7) is 8.70. The Balaban J connectivity index is 0.000000292. The van der Waals surface area contributed by atoms with Crippen LogP contribution in [0.4, 0.5) is 0 Å². The highest BCUT2D eigenvalue weighted by Crippen LogP contribution is 2.02. The Labute approximate surface area is 84.2 Å². The van der Waals surface area contributed by atoms with Gasteiger partial charge in [0.2, 0.25) is 0 Å². The number of rotatable bonds is 2.